The Hall–Kier alpha value is -1.30. The molecule has 0 radical (unpaired) electrons. The van der Waals surface area contributed by atoms with Gasteiger partial charge in [0.1, 0.15) is 6.61 Å². The van der Waals surface area contributed by atoms with Crippen molar-refractivity contribution in [2.45, 2.75) is 45.8 Å². The Morgan fingerprint density at radius 3 is 2.37 bits per heavy atom. The van der Waals surface area contributed by atoms with Crippen molar-refractivity contribution in [2.75, 3.05) is 26.2 Å². The number of hydrogen-bond donors (Lipinski definition) is 1. The fraction of sp³-hybridized carbons (Fsp3) is 0.846. The molecule has 1 aliphatic heterocycles. The molecule has 6 nitrogen and oxygen atoms in total. The normalized spacial score (nSPS) is 16.7. The Labute approximate surface area is 114 Å². The van der Waals surface area contributed by atoms with E-state index in [2.05, 4.69) is 0 Å². The lowest BCUT2D eigenvalue weighted by Crippen LogP contribution is -2.50. The third-order valence-corrected chi connectivity index (χ3v) is 3.36. The maximum Gasteiger partial charge on any atom is 0.329 e. The molecule has 0 aromatic heterocycles. The van der Waals surface area contributed by atoms with Crippen molar-refractivity contribution in [2.24, 2.45) is 0 Å². The molecule has 0 saturated carbocycles. The van der Waals surface area contributed by atoms with Crippen molar-refractivity contribution in [1.29, 1.82) is 0 Å². The van der Waals surface area contributed by atoms with Gasteiger partial charge in [-0.25, -0.2) is 9.59 Å². The van der Waals surface area contributed by atoms with Crippen LogP contribution in [0.3, 0.4) is 0 Å². The number of urea groups is 1. The molecule has 0 bridgehead atoms. The third-order valence-electron chi connectivity index (χ3n) is 3.36. The van der Waals surface area contributed by atoms with E-state index in [1.807, 2.05) is 30.6 Å². The van der Waals surface area contributed by atoms with E-state index < -0.39 is 5.97 Å². The molecule has 1 fully saturated rings. The first-order valence-electron chi connectivity index (χ1n) is 6.84. The molecule has 2 amide bonds. The monoisotopic (exact) mass is 272 g/mol. The lowest BCUT2D eigenvalue weighted by molar-refractivity contribution is -0.145. The van der Waals surface area contributed by atoms with Crippen molar-refractivity contribution in [3.8, 4) is 0 Å². The Kier molecular flexibility index (Phi) is 6.08. The Bertz CT molecular complexity index is 312. The first kappa shape index (κ1) is 15.8. The quantitative estimate of drug-likeness (QED) is 0.821. The van der Waals surface area contributed by atoms with E-state index in [0.29, 0.717) is 32.5 Å². The van der Waals surface area contributed by atoms with Crippen molar-refractivity contribution in [3.63, 3.8) is 0 Å². The number of carbonyl (C=O) groups excluding carboxylic acids is 1. The topological polar surface area (TPSA) is 70.1 Å². The maximum atomic E-state index is 12.3. The van der Waals surface area contributed by atoms with E-state index in [1.165, 1.54) is 0 Å². The highest BCUT2D eigenvalue weighted by Crippen LogP contribution is 2.16. The summed E-state index contributed by atoms with van der Waals surface area (Å²) in [5.41, 5.74) is 0. The van der Waals surface area contributed by atoms with E-state index in [4.69, 9.17) is 9.84 Å². The zero-order chi connectivity index (χ0) is 14.4. The van der Waals surface area contributed by atoms with E-state index in [9.17, 15) is 9.59 Å². The lowest BCUT2D eigenvalue weighted by atomic mass is 10.1. The predicted molar refractivity (Wildman–Crippen MR) is 71.1 cm³/mol. The Morgan fingerprint density at radius 1 is 1.37 bits per heavy atom. The molecule has 19 heavy (non-hydrogen) atoms. The molecule has 6 heteroatoms. The van der Waals surface area contributed by atoms with Gasteiger partial charge in [-0.1, -0.05) is 0 Å². The highest BCUT2D eigenvalue weighted by atomic mass is 16.5. The molecule has 0 atom stereocenters. The first-order valence-corrected chi connectivity index (χ1v) is 6.84. The summed E-state index contributed by atoms with van der Waals surface area (Å²) < 4.78 is 5.26. The number of likely N-dealkylation sites (tertiary alicyclic amines) is 1. The van der Waals surface area contributed by atoms with Crippen LogP contribution in [-0.2, 0) is 9.53 Å². The fourth-order valence-corrected chi connectivity index (χ4v) is 2.31. The zero-order valence-corrected chi connectivity index (χ0v) is 12.0. The van der Waals surface area contributed by atoms with Crippen LogP contribution in [0.25, 0.3) is 0 Å². The number of hydrogen-bond acceptors (Lipinski definition) is 3. The Morgan fingerprint density at radius 2 is 1.95 bits per heavy atom. The second-order valence-corrected chi connectivity index (χ2v) is 5.05. The molecule has 1 aliphatic rings. The predicted octanol–water partition coefficient (Wildman–Crippen LogP) is 1.40. The number of piperidine rings is 1. The molecule has 0 unspecified atom stereocenters. The molecular formula is C13H24N2O4. The molecule has 0 aliphatic carbocycles. The van der Waals surface area contributed by atoms with E-state index in [1.54, 1.807) is 0 Å². The standard InChI is InChI=1S/C13H24N2O4/c1-4-15(10(2)3)13(18)14-7-5-11(6-8-14)19-9-12(16)17/h10-11H,4-9H2,1-3H3,(H,16,17). The van der Waals surface area contributed by atoms with Crippen molar-refractivity contribution in [3.05, 3.63) is 0 Å². The van der Waals surface area contributed by atoms with Crippen molar-refractivity contribution >= 4 is 12.0 Å². The summed E-state index contributed by atoms with van der Waals surface area (Å²) in [5, 5.41) is 8.55. The van der Waals surface area contributed by atoms with E-state index in [-0.39, 0.29) is 24.8 Å². The summed E-state index contributed by atoms with van der Waals surface area (Å²) >= 11 is 0. The number of rotatable bonds is 5. The fourth-order valence-electron chi connectivity index (χ4n) is 2.31. The van der Waals surface area contributed by atoms with Gasteiger partial charge in [0.25, 0.3) is 0 Å². The highest BCUT2D eigenvalue weighted by Gasteiger charge is 2.27. The summed E-state index contributed by atoms with van der Waals surface area (Å²) in [6.45, 7) is 7.69. The van der Waals surface area contributed by atoms with Gasteiger partial charge in [-0.05, 0) is 33.6 Å². The van der Waals surface area contributed by atoms with Crippen LogP contribution in [0.15, 0.2) is 0 Å². The summed E-state index contributed by atoms with van der Waals surface area (Å²) in [5.74, 6) is -0.949. The minimum Gasteiger partial charge on any atom is -0.480 e. The molecule has 1 N–H and O–H groups in total. The minimum atomic E-state index is -0.949. The summed E-state index contributed by atoms with van der Waals surface area (Å²) in [6.07, 6.45) is 1.36. The lowest BCUT2D eigenvalue weighted by Gasteiger charge is -2.36. The number of carboxylic acid groups (broad SMARTS) is 1. The van der Waals surface area contributed by atoms with Crippen LogP contribution in [-0.4, -0.2) is 65.3 Å². The summed E-state index contributed by atoms with van der Waals surface area (Å²) in [6, 6.07) is 0.257. The zero-order valence-electron chi connectivity index (χ0n) is 12.0. The number of aliphatic carboxylic acids is 1. The smallest absolute Gasteiger partial charge is 0.329 e. The van der Waals surface area contributed by atoms with Gasteiger partial charge in [0, 0.05) is 25.7 Å². The van der Waals surface area contributed by atoms with Crippen LogP contribution in [0.5, 0.6) is 0 Å². The number of carbonyl (C=O) groups is 2. The minimum absolute atomic E-state index is 0.0470. The van der Waals surface area contributed by atoms with Gasteiger partial charge >= 0.3 is 12.0 Å². The maximum absolute atomic E-state index is 12.3. The largest absolute Gasteiger partial charge is 0.480 e. The second kappa shape index (κ2) is 7.33. The van der Waals surface area contributed by atoms with Crippen LogP contribution in [0.1, 0.15) is 33.6 Å². The molecule has 1 rings (SSSR count). The third kappa shape index (κ3) is 4.70. The Balaban J connectivity index is 2.40. The number of amides is 2. The molecule has 0 spiro atoms. The van der Waals surface area contributed by atoms with Crippen molar-refractivity contribution < 1.29 is 19.4 Å². The molecule has 1 saturated heterocycles. The van der Waals surface area contributed by atoms with Crippen LogP contribution in [0, 0.1) is 0 Å². The van der Waals surface area contributed by atoms with Gasteiger partial charge in [-0.3, -0.25) is 0 Å². The average molecular weight is 272 g/mol. The van der Waals surface area contributed by atoms with Gasteiger partial charge in [0.2, 0.25) is 0 Å². The second-order valence-electron chi connectivity index (χ2n) is 5.05. The average Bonchev–Trinajstić information content (AvgIpc) is 2.37. The molecule has 110 valence electrons. The first-order chi connectivity index (χ1) is 8.95. The summed E-state index contributed by atoms with van der Waals surface area (Å²) in [7, 11) is 0. The van der Waals surface area contributed by atoms with Crippen LogP contribution in [0.4, 0.5) is 4.79 Å². The van der Waals surface area contributed by atoms with E-state index >= 15 is 0 Å². The van der Waals surface area contributed by atoms with Crippen LogP contribution >= 0.6 is 0 Å². The van der Waals surface area contributed by atoms with Gasteiger partial charge in [0.05, 0.1) is 6.10 Å². The molecule has 1 heterocycles. The van der Waals surface area contributed by atoms with E-state index in [0.717, 1.165) is 0 Å². The van der Waals surface area contributed by atoms with Gasteiger partial charge in [-0.2, -0.15) is 0 Å². The van der Waals surface area contributed by atoms with Gasteiger partial charge in [-0.15, -0.1) is 0 Å². The van der Waals surface area contributed by atoms with Gasteiger partial charge < -0.3 is 19.6 Å². The van der Waals surface area contributed by atoms with Crippen LogP contribution < -0.4 is 0 Å². The summed E-state index contributed by atoms with van der Waals surface area (Å²) in [4.78, 5) is 26.3. The molecule has 0 aromatic rings. The number of nitrogens with zero attached hydrogens (tertiary/aromatic N) is 2. The molecule has 0 aromatic carbocycles. The van der Waals surface area contributed by atoms with Gasteiger partial charge in [0.15, 0.2) is 0 Å². The van der Waals surface area contributed by atoms with Crippen molar-refractivity contribution in [1.82, 2.24) is 9.80 Å². The number of carboxylic acids is 1. The van der Waals surface area contributed by atoms with Crippen LogP contribution in [0.2, 0.25) is 0 Å². The number of ether oxygens (including phenoxy) is 1. The molecular weight excluding hydrogens is 248 g/mol. The highest BCUT2D eigenvalue weighted by molar-refractivity contribution is 5.74. The SMILES string of the molecule is CCN(C(=O)N1CCC(OCC(=O)O)CC1)C(C)C.